The van der Waals surface area contributed by atoms with Crippen LogP contribution >= 0.6 is 0 Å². The Balaban J connectivity index is 0.674. The van der Waals surface area contributed by atoms with E-state index in [-0.39, 0.29) is 5.41 Å². The zero-order valence-corrected chi connectivity index (χ0v) is 62.8. The molecule has 0 spiro atoms. The topological polar surface area (TPSA) is 63.6 Å². The molecule has 1 aliphatic rings. The normalized spacial score (nSPS) is 12.9. The van der Waals surface area contributed by atoms with E-state index in [2.05, 4.69) is 395 Å². The standard InChI is InChI=1S/C107H67N7O/c1-107(2)90-31-15-9-25-76(90)84-61-88-80-29-13-19-35-96(80)114(102(88)62-91(84)107)106-108-92(63-105(109-106)113-95-34-18-12-28-79(95)87-55-66(44-51-99(87)113)69-45-52-104-89(58-69)83-30-14-20-36-103(83)115-104)72-38-37-65-54-75(46-39-64(65)53-72)112-100-59-70(67-42-49-97-85(56-67)77-26-10-16-32-93(77)110(97)73-21-5-3-6-22-73)40-47-81(100)82-48-41-71(60-101(82)112)68-43-50-98-86(57-68)78-27-11-17-33-94(78)111(98)74-23-7-4-8-24-74/h3-63H,1-2H3. The lowest BCUT2D eigenvalue weighted by molar-refractivity contribution is 0.661. The molecule has 17 aromatic carbocycles. The van der Waals surface area contributed by atoms with Crippen LogP contribution < -0.4 is 0 Å². The van der Waals surface area contributed by atoms with Gasteiger partial charge in [-0.3, -0.25) is 9.13 Å². The summed E-state index contributed by atoms with van der Waals surface area (Å²) in [6.45, 7) is 4.72. The van der Waals surface area contributed by atoms with Crippen molar-refractivity contribution in [2.45, 2.75) is 19.3 Å². The first-order valence-electron chi connectivity index (χ1n) is 39.6. The van der Waals surface area contributed by atoms with Crippen molar-refractivity contribution in [3.63, 3.8) is 0 Å². The van der Waals surface area contributed by atoms with Crippen LogP contribution in [0.25, 0.3) is 226 Å². The largest absolute Gasteiger partial charge is 0.456 e. The van der Waals surface area contributed by atoms with Crippen molar-refractivity contribution < 1.29 is 4.42 Å². The molecular weight excluding hydrogens is 1400 g/mol. The number of nitrogens with zero attached hydrogens (tertiary/aromatic N) is 7. The van der Waals surface area contributed by atoms with E-state index in [9.17, 15) is 0 Å². The van der Waals surface area contributed by atoms with Gasteiger partial charge in [0.05, 0.1) is 60.9 Å². The second-order valence-corrected chi connectivity index (χ2v) is 31.6. The van der Waals surface area contributed by atoms with Crippen LogP contribution in [0.2, 0.25) is 0 Å². The molecular formula is C107H67N7O. The zero-order valence-electron chi connectivity index (χ0n) is 62.8. The highest BCUT2D eigenvalue weighted by atomic mass is 16.3. The molecule has 0 radical (unpaired) electrons. The van der Waals surface area contributed by atoms with E-state index < -0.39 is 0 Å². The van der Waals surface area contributed by atoms with Crippen LogP contribution in [0.15, 0.2) is 374 Å². The van der Waals surface area contributed by atoms with Gasteiger partial charge in [0.1, 0.15) is 17.0 Å². The van der Waals surface area contributed by atoms with Crippen molar-refractivity contribution >= 4 is 142 Å². The Bertz CT molecular complexity index is 8110. The highest BCUT2D eigenvalue weighted by molar-refractivity contribution is 6.17. The van der Waals surface area contributed by atoms with Crippen LogP contribution in [0.3, 0.4) is 0 Å². The van der Waals surface area contributed by atoms with Gasteiger partial charge in [0.15, 0.2) is 0 Å². The van der Waals surface area contributed by atoms with Crippen molar-refractivity contribution in [1.29, 1.82) is 0 Å². The quantitative estimate of drug-likeness (QED) is 0.145. The summed E-state index contributed by atoms with van der Waals surface area (Å²) in [7, 11) is 0. The fourth-order valence-electron chi connectivity index (χ4n) is 19.7. The fourth-order valence-corrected chi connectivity index (χ4v) is 19.7. The SMILES string of the molecule is CC1(C)c2ccccc2-c2cc3c4ccccc4n(-c4nc(-c5ccc6cc(-n7c8cc(-c9ccc%10c(c9)c9ccccc9n%10-c9ccccc9)ccc8c8ccc(-c9ccc%10c(c9)c9ccccc9n%10-c9ccccc9)cc87)ccc6c5)cc(-n5c6ccccc6c6cc(-c7ccc8oc9ccccc9c8c7)ccc65)n4)c3cc21. The molecule has 25 rings (SSSR count). The summed E-state index contributed by atoms with van der Waals surface area (Å²) in [5.74, 6) is 1.36. The van der Waals surface area contributed by atoms with Gasteiger partial charge in [-0.2, -0.15) is 4.98 Å². The summed E-state index contributed by atoms with van der Waals surface area (Å²) in [6, 6.07) is 136. The number of furan rings is 1. The van der Waals surface area contributed by atoms with Crippen LogP contribution in [0.5, 0.6) is 0 Å². The first-order valence-corrected chi connectivity index (χ1v) is 39.6. The van der Waals surface area contributed by atoms with Crippen LogP contribution in [0.4, 0.5) is 0 Å². The van der Waals surface area contributed by atoms with Crippen molar-refractivity contribution in [1.82, 2.24) is 32.8 Å². The molecule has 0 N–H and O–H groups in total. The van der Waals surface area contributed by atoms with Crippen molar-refractivity contribution in [3.05, 3.63) is 381 Å². The first kappa shape index (κ1) is 63.6. The Labute approximate surface area is 659 Å². The van der Waals surface area contributed by atoms with Crippen molar-refractivity contribution in [3.8, 4) is 84.6 Å². The average Bonchev–Trinajstić information content (AvgIpc) is 1.55. The third-order valence-corrected chi connectivity index (χ3v) is 25.1. The molecule has 0 saturated heterocycles. The molecule has 7 aromatic heterocycles. The van der Waals surface area contributed by atoms with E-state index in [0.717, 1.165) is 155 Å². The Kier molecular flexibility index (Phi) is 13.3. The maximum Gasteiger partial charge on any atom is 0.237 e. The second-order valence-electron chi connectivity index (χ2n) is 31.6. The van der Waals surface area contributed by atoms with Gasteiger partial charge < -0.3 is 18.1 Å². The molecule has 0 amide bonds. The van der Waals surface area contributed by atoms with Gasteiger partial charge in [0.2, 0.25) is 5.95 Å². The number of hydrogen-bond acceptors (Lipinski definition) is 3. The van der Waals surface area contributed by atoms with Gasteiger partial charge in [-0.05, 0) is 212 Å². The highest BCUT2D eigenvalue weighted by Crippen LogP contribution is 2.52. The average molecular weight is 1470 g/mol. The predicted molar refractivity (Wildman–Crippen MR) is 478 cm³/mol. The monoisotopic (exact) mass is 1470 g/mol. The predicted octanol–water partition coefficient (Wildman–Crippen LogP) is 28.0. The number of aromatic nitrogens is 7. The zero-order chi connectivity index (χ0) is 75.5. The van der Waals surface area contributed by atoms with E-state index in [0.29, 0.717) is 5.95 Å². The maximum absolute atomic E-state index is 6.32. The number of hydrogen-bond donors (Lipinski definition) is 0. The molecule has 115 heavy (non-hydrogen) atoms. The van der Waals surface area contributed by atoms with E-state index in [1.54, 1.807) is 0 Å². The second kappa shape index (κ2) is 24.0. The van der Waals surface area contributed by atoms with Gasteiger partial charge >= 0.3 is 0 Å². The summed E-state index contributed by atoms with van der Waals surface area (Å²) < 4.78 is 18.3. The minimum atomic E-state index is -0.237. The molecule has 24 aromatic rings. The van der Waals surface area contributed by atoms with Crippen molar-refractivity contribution in [2.24, 2.45) is 0 Å². The van der Waals surface area contributed by atoms with Crippen molar-refractivity contribution in [2.75, 3.05) is 0 Å². The van der Waals surface area contributed by atoms with Gasteiger partial charge in [0.25, 0.3) is 0 Å². The Morgan fingerprint density at radius 1 is 0.226 bits per heavy atom. The fraction of sp³-hybridized carbons (Fsp3) is 0.0280. The van der Waals surface area contributed by atoms with E-state index in [1.165, 1.54) is 76.6 Å². The molecule has 0 saturated carbocycles. The summed E-state index contributed by atoms with van der Waals surface area (Å²) in [4.78, 5) is 11.6. The molecule has 7 heterocycles. The van der Waals surface area contributed by atoms with E-state index in [1.807, 2.05) is 12.1 Å². The Morgan fingerprint density at radius 3 is 1.23 bits per heavy atom. The lowest BCUT2D eigenvalue weighted by Crippen LogP contribution is -2.15. The molecule has 0 bridgehead atoms. The smallest absolute Gasteiger partial charge is 0.237 e. The molecule has 0 aliphatic heterocycles. The molecule has 0 atom stereocenters. The van der Waals surface area contributed by atoms with Gasteiger partial charge in [-0.25, -0.2) is 4.98 Å². The molecule has 8 heteroatoms. The van der Waals surface area contributed by atoms with Crippen LogP contribution in [0, 0.1) is 0 Å². The Morgan fingerprint density at radius 2 is 0.635 bits per heavy atom. The lowest BCUT2D eigenvalue weighted by atomic mass is 9.82. The third-order valence-electron chi connectivity index (χ3n) is 25.1. The Hall–Kier alpha value is -15.1. The summed E-state index contributed by atoms with van der Waals surface area (Å²) in [5, 5.41) is 16.3. The molecule has 0 unspecified atom stereocenters. The minimum absolute atomic E-state index is 0.237. The highest BCUT2D eigenvalue weighted by Gasteiger charge is 2.37. The number of para-hydroxylation sites is 7. The van der Waals surface area contributed by atoms with Gasteiger partial charge in [0, 0.05) is 98.7 Å². The molecule has 0 fully saturated rings. The first-order chi connectivity index (χ1) is 56.7. The molecule has 536 valence electrons. The van der Waals surface area contributed by atoms with Gasteiger partial charge in [-0.1, -0.05) is 232 Å². The van der Waals surface area contributed by atoms with Crippen LogP contribution in [-0.4, -0.2) is 32.8 Å². The van der Waals surface area contributed by atoms with Crippen LogP contribution in [-0.2, 0) is 5.41 Å². The number of fused-ring (bicyclic) bond motifs is 22. The summed E-state index contributed by atoms with van der Waals surface area (Å²) >= 11 is 0. The summed E-state index contributed by atoms with van der Waals surface area (Å²) in [6.07, 6.45) is 0. The van der Waals surface area contributed by atoms with E-state index >= 15 is 0 Å². The van der Waals surface area contributed by atoms with Crippen LogP contribution in [0.1, 0.15) is 25.0 Å². The molecule has 8 nitrogen and oxygen atoms in total. The number of benzene rings is 17. The maximum atomic E-state index is 6.32. The van der Waals surface area contributed by atoms with E-state index in [4.69, 9.17) is 14.4 Å². The van der Waals surface area contributed by atoms with Gasteiger partial charge in [-0.15, -0.1) is 0 Å². The lowest BCUT2D eigenvalue weighted by Gasteiger charge is -2.21. The minimum Gasteiger partial charge on any atom is -0.456 e. The number of rotatable bonds is 9. The third kappa shape index (κ3) is 9.36. The summed E-state index contributed by atoms with van der Waals surface area (Å²) in [5.41, 5.74) is 29.9. The molecule has 1 aliphatic carbocycles.